The van der Waals surface area contributed by atoms with Gasteiger partial charge in [0.25, 0.3) is 0 Å². The Bertz CT molecular complexity index is 229. The van der Waals surface area contributed by atoms with Crippen molar-refractivity contribution < 1.29 is 9.53 Å². The van der Waals surface area contributed by atoms with Crippen LogP contribution in [0.15, 0.2) is 24.4 Å². The molecule has 0 aromatic heterocycles. The third-order valence-corrected chi connectivity index (χ3v) is 2.09. The minimum absolute atomic E-state index is 0.233. The minimum atomic E-state index is -0.623. The Hall–Kier alpha value is -1.25. The highest BCUT2D eigenvalue weighted by molar-refractivity contribution is 5.80. The first kappa shape index (κ1) is 9.84. The predicted octanol–water partition coefficient (Wildman–Crippen LogP) is 1.23. The number of ether oxygens (including phenoxy) is 1. The molecule has 0 aliphatic carbocycles. The summed E-state index contributed by atoms with van der Waals surface area (Å²) in [5.74, 6) is -0.233. The first-order valence-electron chi connectivity index (χ1n) is 4.36. The summed E-state index contributed by atoms with van der Waals surface area (Å²) in [7, 11) is 1.40. The molecule has 3 nitrogen and oxygen atoms in total. The van der Waals surface area contributed by atoms with Gasteiger partial charge >= 0.3 is 5.97 Å². The van der Waals surface area contributed by atoms with Gasteiger partial charge in [-0.3, -0.25) is 4.79 Å². The van der Waals surface area contributed by atoms with Crippen LogP contribution in [0.3, 0.4) is 0 Å². The zero-order chi connectivity index (χ0) is 9.73. The van der Waals surface area contributed by atoms with E-state index in [1.54, 1.807) is 6.20 Å². The fourth-order valence-corrected chi connectivity index (χ4v) is 1.22. The van der Waals surface area contributed by atoms with Crippen LogP contribution >= 0.6 is 0 Å². The average molecular weight is 181 g/mol. The normalized spacial score (nSPS) is 27.2. The quantitative estimate of drug-likeness (QED) is 0.488. The second-order valence-electron chi connectivity index (χ2n) is 3.25. The number of esters is 1. The van der Waals surface area contributed by atoms with Crippen LogP contribution in [0.2, 0.25) is 0 Å². The van der Waals surface area contributed by atoms with E-state index in [-0.39, 0.29) is 5.97 Å². The average Bonchev–Trinajstić information content (AvgIpc) is 2.10. The van der Waals surface area contributed by atoms with Gasteiger partial charge in [-0.05, 0) is 25.6 Å². The van der Waals surface area contributed by atoms with E-state index in [0.29, 0.717) is 0 Å². The minimum Gasteiger partial charge on any atom is -0.468 e. The molecule has 0 bridgehead atoms. The number of carbonyl (C=O) groups is 1. The molecule has 1 heterocycles. The SMILES string of the molecule is COC(=O)C1(C)C=CCCNC=C1. The first-order valence-corrected chi connectivity index (χ1v) is 4.36. The van der Waals surface area contributed by atoms with E-state index < -0.39 is 5.41 Å². The molecule has 0 fully saturated rings. The van der Waals surface area contributed by atoms with Crippen molar-refractivity contribution in [3.8, 4) is 0 Å². The molecule has 3 heteroatoms. The topological polar surface area (TPSA) is 38.3 Å². The standard InChI is InChI=1S/C10H15NO2/c1-10(9(12)13-2)5-3-4-7-11-8-6-10/h3,5-6,8,11H,4,7H2,1-2H3. The molecule has 0 amide bonds. The van der Waals surface area contributed by atoms with E-state index in [9.17, 15) is 4.79 Å². The first-order chi connectivity index (χ1) is 6.19. The summed E-state index contributed by atoms with van der Waals surface area (Å²) in [4.78, 5) is 11.4. The van der Waals surface area contributed by atoms with E-state index >= 15 is 0 Å². The molecular formula is C10H15NO2. The smallest absolute Gasteiger partial charge is 0.319 e. The summed E-state index contributed by atoms with van der Waals surface area (Å²) in [6, 6.07) is 0. The molecule has 1 rings (SSSR count). The fraction of sp³-hybridized carbons (Fsp3) is 0.500. The number of methoxy groups -OCH3 is 1. The van der Waals surface area contributed by atoms with Crippen LogP contribution in [0.25, 0.3) is 0 Å². The summed E-state index contributed by atoms with van der Waals surface area (Å²) >= 11 is 0. The molecule has 1 atom stereocenters. The van der Waals surface area contributed by atoms with Crippen molar-refractivity contribution in [1.29, 1.82) is 0 Å². The van der Waals surface area contributed by atoms with Crippen LogP contribution in [0, 0.1) is 5.41 Å². The summed E-state index contributed by atoms with van der Waals surface area (Å²) in [6.45, 7) is 2.74. The number of rotatable bonds is 1. The van der Waals surface area contributed by atoms with Crippen molar-refractivity contribution in [1.82, 2.24) is 5.32 Å². The van der Waals surface area contributed by atoms with Crippen molar-refractivity contribution in [2.24, 2.45) is 5.41 Å². The van der Waals surface area contributed by atoms with Crippen LogP contribution in [-0.2, 0) is 9.53 Å². The van der Waals surface area contributed by atoms with Crippen molar-refractivity contribution in [3.63, 3.8) is 0 Å². The van der Waals surface area contributed by atoms with E-state index in [4.69, 9.17) is 4.74 Å². The molecule has 1 N–H and O–H groups in total. The lowest BCUT2D eigenvalue weighted by Crippen LogP contribution is -2.26. The number of nitrogens with one attached hydrogen (secondary N) is 1. The number of carbonyl (C=O) groups excluding carboxylic acids is 1. The number of hydrogen-bond acceptors (Lipinski definition) is 3. The molecular weight excluding hydrogens is 166 g/mol. The molecule has 0 spiro atoms. The van der Waals surface area contributed by atoms with Crippen LogP contribution in [0.5, 0.6) is 0 Å². The monoisotopic (exact) mass is 181 g/mol. The lowest BCUT2D eigenvalue weighted by molar-refractivity contribution is -0.146. The molecule has 1 unspecified atom stereocenters. The zero-order valence-electron chi connectivity index (χ0n) is 8.04. The van der Waals surface area contributed by atoms with Crippen LogP contribution in [-0.4, -0.2) is 19.6 Å². The van der Waals surface area contributed by atoms with Crippen LogP contribution < -0.4 is 5.32 Å². The van der Waals surface area contributed by atoms with E-state index in [0.717, 1.165) is 13.0 Å². The predicted molar refractivity (Wildman–Crippen MR) is 51.0 cm³/mol. The van der Waals surface area contributed by atoms with E-state index in [1.807, 2.05) is 25.2 Å². The third kappa shape index (κ3) is 2.34. The molecule has 0 saturated heterocycles. The largest absolute Gasteiger partial charge is 0.468 e. The summed E-state index contributed by atoms with van der Waals surface area (Å²) in [6.07, 6.45) is 8.43. The zero-order valence-corrected chi connectivity index (χ0v) is 8.04. The van der Waals surface area contributed by atoms with Crippen molar-refractivity contribution >= 4 is 5.97 Å². The maximum Gasteiger partial charge on any atom is 0.319 e. The van der Waals surface area contributed by atoms with Crippen LogP contribution in [0.4, 0.5) is 0 Å². The van der Waals surface area contributed by atoms with E-state index in [2.05, 4.69) is 5.32 Å². The molecule has 0 aromatic rings. The molecule has 1 aliphatic rings. The highest BCUT2D eigenvalue weighted by atomic mass is 16.5. The number of hydrogen-bond donors (Lipinski definition) is 1. The Balaban J connectivity index is 2.83. The van der Waals surface area contributed by atoms with Gasteiger partial charge < -0.3 is 10.1 Å². The Morgan fingerprint density at radius 1 is 1.54 bits per heavy atom. The molecule has 72 valence electrons. The van der Waals surface area contributed by atoms with Crippen molar-refractivity contribution in [2.75, 3.05) is 13.7 Å². The molecule has 0 radical (unpaired) electrons. The second kappa shape index (κ2) is 4.12. The second-order valence-corrected chi connectivity index (χ2v) is 3.25. The van der Waals surface area contributed by atoms with Gasteiger partial charge in [0.15, 0.2) is 0 Å². The maximum atomic E-state index is 11.4. The Morgan fingerprint density at radius 3 is 3.00 bits per heavy atom. The van der Waals surface area contributed by atoms with Crippen LogP contribution in [0.1, 0.15) is 13.3 Å². The van der Waals surface area contributed by atoms with Gasteiger partial charge in [0.2, 0.25) is 0 Å². The maximum absolute atomic E-state index is 11.4. The Kier molecular flexibility index (Phi) is 3.12. The summed E-state index contributed by atoms with van der Waals surface area (Å²) < 4.78 is 4.72. The van der Waals surface area contributed by atoms with E-state index in [1.165, 1.54) is 7.11 Å². The lowest BCUT2D eigenvalue weighted by Gasteiger charge is -2.19. The van der Waals surface area contributed by atoms with Crippen molar-refractivity contribution in [3.05, 3.63) is 24.4 Å². The van der Waals surface area contributed by atoms with Gasteiger partial charge in [0, 0.05) is 6.54 Å². The third-order valence-electron chi connectivity index (χ3n) is 2.09. The van der Waals surface area contributed by atoms with Crippen molar-refractivity contribution in [2.45, 2.75) is 13.3 Å². The molecule has 1 aliphatic heterocycles. The Labute approximate surface area is 78.5 Å². The summed E-state index contributed by atoms with van der Waals surface area (Å²) in [5, 5.41) is 3.08. The van der Waals surface area contributed by atoms with Gasteiger partial charge in [0.05, 0.1) is 7.11 Å². The van der Waals surface area contributed by atoms with Gasteiger partial charge in [-0.25, -0.2) is 0 Å². The van der Waals surface area contributed by atoms with Gasteiger partial charge in [0.1, 0.15) is 5.41 Å². The lowest BCUT2D eigenvalue weighted by atomic mass is 9.89. The highest BCUT2D eigenvalue weighted by Crippen LogP contribution is 2.22. The van der Waals surface area contributed by atoms with Gasteiger partial charge in [-0.2, -0.15) is 0 Å². The summed E-state index contributed by atoms with van der Waals surface area (Å²) in [5.41, 5.74) is -0.623. The highest BCUT2D eigenvalue weighted by Gasteiger charge is 2.28. The fourth-order valence-electron chi connectivity index (χ4n) is 1.22. The molecule has 13 heavy (non-hydrogen) atoms. The molecule has 0 aromatic carbocycles. The van der Waals surface area contributed by atoms with Gasteiger partial charge in [-0.15, -0.1) is 0 Å². The Morgan fingerprint density at radius 2 is 2.31 bits per heavy atom. The molecule has 0 saturated carbocycles. The van der Waals surface area contributed by atoms with Gasteiger partial charge in [-0.1, -0.05) is 12.2 Å².